The molecule has 108 valence electrons. The van der Waals surface area contributed by atoms with Crippen LogP contribution in [-0.4, -0.2) is 29.2 Å². The highest BCUT2D eigenvalue weighted by Crippen LogP contribution is 2.24. The van der Waals surface area contributed by atoms with Crippen LogP contribution in [0.25, 0.3) is 0 Å². The second kappa shape index (κ2) is 6.78. The van der Waals surface area contributed by atoms with Crippen molar-refractivity contribution in [1.29, 1.82) is 0 Å². The highest BCUT2D eigenvalue weighted by Gasteiger charge is 2.27. The Kier molecular flexibility index (Phi) is 5.05. The molecule has 0 spiro atoms. The van der Waals surface area contributed by atoms with Crippen molar-refractivity contribution in [2.75, 3.05) is 0 Å². The molecule has 19 heavy (non-hydrogen) atoms. The van der Waals surface area contributed by atoms with Crippen molar-refractivity contribution in [3.63, 3.8) is 0 Å². The number of aliphatic carboxylic acids is 1. The number of amides is 2. The molecule has 0 atom stereocenters. The Labute approximate surface area is 114 Å². The molecule has 2 amide bonds. The van der Waals surface area contributed by atoms with Gasteiger partial charge >= 0.3 is 12.0 Å². The van der Waals surface area contributed by atoms with E-state index in [1.54, 1.807) is 0 Å². The molecule has 3 N–H and O–H groups in total. The monoisotopic (exact) mass is 268 g/mol. The van der Waals surface area contributed by atoms with Crippen LogP contribution in [0.3, 0.4) is 0 Å². The van der Waals surface area contributed by atoms with Gasteiger partial charge < -0.3 is 15.7 Å². The lowest BCUT2D eigenvalue weighted by Gasteiger charge is -2.28. The average molecular weight is 268 g/mol. The van der Waals surface area contributed by atoms with Crippen molar-refractivity contribution in [3.05, 3.63) is 0 Å². The molecular formula is C14H24N2O3. The summed E-state index contributed by atoms with van der Waals surface area (Å²) in [7, 11) is 0. The number of carboxylic acids is 1. The first-order valence-corrected chi connectivity index (χ1v) is 7.45. The molecule has 2 aliphatic carbocycles. The first-order valence-electron chi connectivity index (χ1n) is 7.45. The Morgan fingerprint density at radius 3 is 1.84 bits per heavy atom. The van der Waals surface area contributed by atoms with Crippen LogP contribution in [0.4, 0.5) is 4.79 Å². The fraction of sp³-hybridized carbons (Fsp3) is 0.857. The molecule has 0 bridgehead atoms. The van der Waals surface area contributed by atoms with Gasteiger partial charge in [-0.25, -0.2) is 4.79 Å². The summed E-state index contributed by atoms with van der Waals surface area (Å²) < 4.78 is 0. The van der Waals surface area contributed by atoms with E-state index in [2.05, 4.69) is 10.6 Å². The number of carbonyl (C=O) groups excluding carboxylic acids is 1. The van der Waals surface area contributed by atoms with Gasteiger partial charge in [0.25, 0.3) is 0 Å². The summed E-state index contributed by atoms with van der Waals surface area (Å²) in [6.45, 7) is 0. The Balaban J connectivity index is 1.67. The minimum absolute atomic E-state index is 0.0781. The highest BCUT2D eigenvalue weighted by atomic mass is 16.4. The second-order valence-electron chi connectivity index (χ2n) is 5.84. The van der Waals surface area contributed by atoms with Crippen LogP contribution in [-0.2, 0) is 4.79 Å². The number of hydrogen-bond acceptors (Lipinski definition) is 2. The van der Waals surface area contributed by atoms with Crippen molar-refractivity contribution >= 4 is 12.0 Å². The van der Waals surface area contributed by atoms with Crippen molar-refractivity contribution in [3.8, 4) is 0 Å². The lowest BCUT2D eigenvalue weighted by Crippen LogP contribution is -2.48. The molecule has 2 aliphatic rings. The Bertz CT molecular complexity index is 319. The predicted molar refractivity (Wildman–Crippen MR) is 71.9 cm³/mol. The maximum absolute atomic E-state index is 11.9. The summed E-state index contributed by atoms with van der Waals surface area (Å²) in [6, 6.07) is 0.383. The fourth-order valence-electron chi connectivity index (χ4n) is 3.14. The third-order valence-electron chi connectivity index (χ3n) is 4.35. The summed E-state index contributed by atoms with van der Waals surface area (Å²) >= 11 is 0. The van der Waals surface area contributed by atoms with Gasteiger partial charge in [-0.2, -0.15) is 0 Å². The lowest BCUT2D eigenvalue weighted by atomic mass is 9.86. The lowest BCUT2D eigenvalue weighted by molar-refractivity contribution is -0.142. The average Bonchev–Trinajstić information content (AvgIpc) is 2.40. The molecule has 0 aromatic rings. The Morgan fingerprint density at radius 1 is 0.789 bits per heavy atom. The third-order valence-corrected chi connectivity index (χ3v) is 4.35. The van der Waals surface area contributed by atoms with E-state index >= 15 is 0 Å². The van der Waals surface area contributed by atoms with Gasteiger partial charge in [-0.3, -0.25) is 4.79 Å². The smallest absolute Gasteiger partial charge is 0.315 e. The molecule has 2 rings (SSSR count). The minimum Gasteiger partial charge on any atom is -0.481 e. The number of urea groups is 1. The SMILES string of the molecule is O=C(NC1CCCCC1)NC1CCC(C(=O)O)CC1. The number of rotatable bonds is 3. The molecule has 0 saturated heterocycles. The second-order valence-corrected chi connectivity index (χ2v) is 5.84. The number of carboxylic acid groups (broad SMARTS) is 1. The molecule has 5 nitrogen and oxygen atoms in total. The van der Waals surface area contributed by atoms with Gasteiger partial charge in [-0.1, -0.05) is 19.3 Å². The fourth-order valence-corrected chi connectivity index (χ4v) is 3.14. The van der Waals surface area contributed by atoms with E-state index < -0.39 is 5.97 Å². The number of nitrogens with one attached hydrogen (secondary N) is 2. The summed E-state index contributed by atoms with van der Waals surface area (Å²) in [5.41, 5.74) is 0. The Hall–Kier alpha value is -1.26. The first-order chi connectivity index (χ1) is 9.15. The van der Waals surface area contributed by atoms with Crippen LogP contribution in [0.15, 0.2) is 0 Å². The van der Waals surface area contributed by atoms with E-state index in [1.807, 2.05) is 0 Å². The van der Waals surface area contributed by atoms with Gasteiger partial charge in [0.15, 0.2) is 0 Å². The van der Waals surface area contributed by atoms with E-state index in [1.165, 1.54) is 19.3 Å². The molecule has 5 heteroatoms. The molecule has 0 aliphatic heterocycles. The van der Waals surface area contributed by atoms with E-state index in [4.69, 9.17) is 5.11 Å². The standard InChI is InChI=1S/C14H24N2O3/c17-13(18)10-6-8-12(9-7-10)16-14(19)15-11-4-2-1-3-5-11/h10-12H,1-9H2,(H,17,18)(H2,15,16,19). The molecule has 0 heterocycles. The first kappa shape index (κ1) is 14.2. The summed E-state index contributed by atoms with van der Waals surface area (Å²) in [6.07, 6.45) is 8.73. The zero-order chi connectivity index (χ0) is 13.7. The van der Waals surface area contributed by atoms with Crippen LogP contribution in [0.1, 0.15) is 57.8 Å². The van der Waals surface area contributed by atoms with Crippen LogP contribution in [0.5, 0.6) is 0 Å². The quantitative estimate of drug-likeness (QED) is 0.734. The molecule has 0 radical (unpaired) electrons. The molecule has 2 fully saturated rings. The van der Waals surface area contributed by atoms with Gasteiger partial charge in [0, 0.05) is 12.1 Å². The molecular weight excluding hydrogens is 244 g/mol. The maximum Gasteiger partial charge on any atom is 0.315 e. The molecule has 0 unspecified atom stereocenters. The van der Waals surface area contributed by atoms with Gasteiger partial charge in [0.2, 0.25) is 0 Å². The summed E-state index contributed by atoms with van der Waals surface area (Å²) in [4.78, 5) is 22.7. The van der Waals surface area contributed by atoms with Crippen molar-refractivity contribution in [2.24, 2.45) is 5.92 Å². The van der Waals surface area contributed by atoms with Crippen LogP contribution in [0.2, 0.25) is 0 Å². The van der Waals surface area contributed by atoms with Gasteiger partial charge in [0.05, 0.1) is 5.92 Å². The predicted octanol–water partition coefficient (Wildman–Crippen LogP) is 2.26. The largest absolute Gasteiger partial charge is 0.481 e. The van der Waals surface area contributed by atoms with Crippen molar-refractivity contribution in [2.45, 2.75) is 69.9 Å². The Morgan fingerprint density at radius 2 is 1.32 bits per heavy atom. The number of hydrogen-bond donors (Lipinski definition) is 3. The van der Waals surface area contributed by atoms with Gasteiger partial charge in [-0.15, -0.1) is 0 Å². The van der Waals surface area contributed by atoms with Crippen molar-refractivity contribution in [1.82, 2.24) is 10.6 Å². The zero-order valence-corrected chi connectivity index (χ0v) is 11.4. The van der Waals surface area contributed by atoms with Crippen LogP contribution in [0, 0.1) is 5.92 Å². The maximum atomic E-state index is 11.9. The zero-order valence-electron chi connectivity index (χ0n) is 11.4. The van der Waals surface area contributed by atoms with E-state index in [-0.39, 0.29) is 18.0 Å². The third kappa shape index (κ3) is 4.40. The molecule has 2 saturated carbocycles. The van der Waals surface area contributed by atoms with Crippen molar-refractivity contribution < 1.29 is 14.7 Å². The van der Waals surface area contributed by atoms with Crippen LogP contribution < -0.4 is 10.6 Å². The summed E-state index contributed by atoms with van der Waals surface area (Å²) in [5.74, 6) is -0.926. The minimum atomic E-state index is -0.704. The molecule has 0 aromatic carbocycles. The topological polar surface area (TPSA) is 78.4 Å². The van der Waals surface area contributed by atoms with E-state index in [9.17, 15) is 9.59 Å². The van der Waals surface area contributed by atoms with Gasteiger partial charge in [-0.05, 0) is 38.5 Å². The van der Waals surface area contributed by atoms with E-state index in [0.29, 0.717) is 18.9 Å². The van der Waals surface area contributed by atoms with E-state index in [0.717, 1.165) is 25.7 Å². The van der Waals surface area contributed by atoms with Crippen LogP contribution >= 0.6 is 0 Å². The highest BCUT2D eigenvalue weighted by molar-refractivity contribution is 5.74. The molecule has 0 aromatic heterocycles. The number of carbonyl (C=O) groups is 2. The summed E-state index contributed by atoms with van der Waals surface area (Å²) in [5, 5.41) is 14.9. The van der Waals surface area contributed by atoms with Gasteiger partial charge in [0.1, 0.15) is 0 Å². The normalized spacial score (nSPS) is 28.6.